The van der Waals surface area contributed by atoms with E-state index in [2.05, 4.69) is 19.9 Å². The van der Waals surface area contributed by atoms with Crippen LogP contribution in [0.2, 0.25) is 0 Å². The van der Waals surface area contributed by atoms with Crippen LogP contribution in [0, 0.1) is 16.5 Å². The van der Waals surface area contributed by atoms with E-state index >= 15 is 0 Å². The summed E-state index contributed by atoms with van der Waals surface area (Å²) in [5.41, 5.74) is 3.55. The normalized spacial score (nSPS) is 31.4. The van der Waals surface area contributed by atoms with E-state index in [4.69, 9.17) is 54.8 Å². The highest BCUT2D eigenvalue weighted by atomic mass is 32.1. The van der Waals surface area contributed by atoms with Gasteiger partial charge in [-0.3, -0.25) is 4.79 Å². The largest absolute Gasteiger partial charge is 0.502 e. The van der Waals surface area contributed by atoms with Gasteiger partial charge in [0.2, 0.25) is 12.5 Å². The first kappa shape index (κ1) is 34.5. The van der Waals surface area contributed by atoms with Crippen molar-refractivity contribution in [2.45, 2.75) is 55.9 Å². The van der Waals surface area contributed by atoms with Gasteiger partial charge >= 0.3 is 5.97 Å². The number of nitrogens with one attached hydrogen (secondary N) is 2. The van der Waals surface area contributed by atoms with Crippen LogP contribution in [-0.2, 0) is 28.5 Å². The second-order valence-electron chi connectivity index (χ2n) is 12.8. The molecule has 1 aliphatic carbocycles. The van der Waals surface area contributed by atoms with Crippen LogP contribution in [0.5, 0.6) is 28.7 Å². The molecule has 17 nitrogen and oxygen atoms in total. The lowest BCUT2D eigenvalue weighted by Crippen LogP contribution is -2.63. The summed E-state index contributed by atoms with van der Waals surface area (Å²) in [6.45, 7) is 1.93. The SMILES string of the molecule is COc1cc([C@@H]2c3cc4c(cc3C(O[C@@H]3O[C@@H]5CO[C@@H](C)O[C@H]5[C@H](O)[C@H]3O)C3COC(=O)[C@@H]32)OCO4)cc(OC)c1O.S=c1nc[nH]c2nc[nH]c12. The molecule has 4 aromatic rings. The molecule has 52 heavy (non-hydrogen) atoms. The molecule has 9 rings (SSSR count). The Hall–Kier alpha value is -4.56. The van der Waals surface area contributed by atoms with Gasteiger partial charge in [0.15, 0.2) is 45.9 Å². The van der Waals surface area contributed by atoms with E-state index in [1.165, 1.54) is 20.5 Å². The number of ether oxygens (including phenoxy) is 9. The summed E-state index contributed by atoms with van der Waals surface area (Å²) in [5, 5.41) is 32.5. The number of aliphatic hydroxyl groups excluding tert-OH is 2. The molecule has 6 heterocycles. The highest BCUT2D eigenvalue weighted by molar-refractivity contribution is 7.71. The van der Waals surface area contributed by atoms with Crippen molar-refractivity contribution >= 4 is 29.4 Å². The van der Waals surface area contributed by atoms with Crippen molar-refractivity contribution in [2.24, 2.45) is 11.8 Å². The zero-order valence-corrected chi connectivity index (χ0v) is 28.9. The number of carbonyl (C=O) groups is 1. The fourth-order valence-electron chi connectivity index (χ4n) is 7.52. The van der Waals surface area contributed by atoms with Crippen molar-refractivity contribution in [2.75, 3.05) is 34.2 Å². The van der Waals surface area contributed by atoms with Crippen LogP contribution in [0.25, 0.3) is 11.2 Å². The number of H-pyrrole nitrogens is 2. The average Bonchev–Trinajstić information content (AvgIpc) is 3.91. The number of aromatic nitrogens is 4. The first-order valence-corrected chi connectivity index (χ1v) is 16.9. The van der Waals surface area contributed by atoms with Crippen LogP contribution >= 0.6 is 12.2 Å². The highest BCUT2D eigenvalue weighted by Gasteiger charge is 2.56. The predicted molar refractivity (Wildman–Crippen MR) is 177 cm³/mol. The number of phenols is 1. The molecule has 2 aromatic heterocycles. The minimum atomic E-state index is -1.44. The number of cyclic esters (lactones) is 1. The lowest BCUT2D eigenvalue weighted by atomic mass is 9.66. The topological polar surface area (TPSA) is 218 Å². The Morgan fingerprint density at radius 1 is 0.904 bits per heavy atom. The molecule has 0 radical (unpaired) electrons. The fraction of sp³-hybridized carbons (Fsp3) is 0.471. The zero-order valence-electron chi connectivity index (χ0n) is 28.1. The molecule has 0 saturated carbocycles. The van der Waals surface area contributed by atoms with Gasteiger partial charge in [-0.2, -0.15) is 0 Å². The minimum Gasteiger partial charge on any atom is -0.502 e. The molecule has 3 saturated heterocycles. The molecule has 10 atom stereocenters. The maximum Gasteiger partial charge on any atom is 0.310 e. The Kier molecular flexibility index (Phi) is 9.14. The zero-order chi connectivity index (χ0) is 36.3. The summed E-state index contributed by atoms with van der Waals surface area (Å²) in [4.78, 5) is 26.9. The number of methoxy groups -OCH3 is 2. The van der Waals surface area contributed by atoms with E-state index in [1.54, 1.807) is 37.5 Å². The van der Waals surface area contributed by atoms with E-state index in [9.17, 15) is 20.1 Å². The lowest BCUT2D eigenvalue weighted by Gasteiger charge is -2.47. The monoisotopic (exact) mass is 740 g/mol. The van der Waals surface area contributed by atoms with Crippen molar-refractivity contribution < 1.29 is 62.7 Å². The van der Waals surface area contributed by atoms with E-state index in [1.807, 2.05) is 0 Å². The van der Waals surface area contributed by atoms with Crippen LogP contribution in [0.4, 0.5) is 0 Å². The first-order chi connectivity index (χ1) is 25.2. The molecule has 5 N–H and O–H groups in total. The predicted octanol–water partition coefficient (Wildman–Crippen LogP) is 2.35. The molecule has 2 aromatic carbocycles. The molecule has 18 heteroatoms. The maximum atomic E-state index is 13.4. The summed E-state index contributed by atoms with van der Waals surface area (Å²) in [7, 11) is 2.86. The van der Waals surface area contributed by atoms with E-state index in [-0.39, 0.29) is 37.3 Å². The van der Waals surface area contributed by atoms with Crippen molar-refractivity contribution in [1.29, 1.82) is 0 Å². The van der Waals surface area contributed by atoms with E-state index in [0.717, 1.165) is 11.2 Å². The van der Waals surface area contributed by atoms with Gasteiger partial charge in [0.25, 0.3) is 0 Å². The van der Waals surface area contributed by atoms with Gasteiger partial charge in [0.1, 0.15) is 29.9 Å². The second kappa shape index (κ2) is 13.8. The molecule has 0 spiro atoms. The maximum absolute atomic E-state index is 13.4. The summed E-state index contributed by atoms with van der Waals surface area (Å²) in [5.74, 6) is -1.02. The number of hydrogen-bond donors (Lipinski definition) is 5. The van der Waals surface area contributed by atoms with Crippen molar-refractivity contribution in [3.63, 3.8) is 0 Å². The van der Waals surface area contributed by atoms with Crippen LogP contribution in [0.15, 0.2) is 36.9 Å². The summed E-state index contributed by atoms with van der Waals surface area (Å²) < 4.78 is 52.1. The third kappa shape index (κ3) is 5.89. The number of imidazole rings is 1. The molecule has 0 bridgehead atoms. The number of rotatable bonds is 5. The third-order valence-electron chi connectivity index (χ3n) is 9.98. The number of aromatic amines is 2. The molecule has 2 unspecified atom stereocenters. The Morgan fingerprint density at radius 2 is 1.62 bits per heavy atom. The average molecular weight is 741 g/mol. The van der Waals surface area contributed by atoms with E-state index in [0.29, 0.717) is 32.8 Å². The Balaban J connectivity index is 0.000000332. The van der Waals surface area contributed by atoms with Crippen LogP contribution in [-0.4, -0.2) is 112 Å². The van der Waals surface area contributed by atoms with Crippen LogP contribution in [0.3, 0.4) is 0 Å². The fourth-order valence-corrected chi connectivity index (χ4v) is 7.73. The van der Waals surface area contributed by atoms with Crippen molar-refractivity contribution in [1.82, 2.24) is 19.9 Å². The second-order valence-corrected chi connectivity index (χ2v) is 13.2. The Bertz CT molecular complexity index is 2010. The summed E-state index contributed by atoms with van der Waals surface area (Å²) in [6.07, 6.45) is -3.68. The number of aliphatic hydroxyl groups is 2. The molecule has 4 aliphatic heterocycles. The number of aromatic hydroxyl groups is 1. The highest BCUT2D eigenvalue weighted by Crippen LogP contribution is 2.57. The van der Waals surface area contributed by atoms with Gasteiger partial charge in [0.05, 0.1) is 52.1 Å². The van der Waals surface area contributed by atoms with Gasteiger partial charge in [-0.1, -0.05) is 12.2 Å². The van der Waals surface area contributed by atoms with Crippen LogP contribution < -0.4 is 18.9 Å². The molecule has 276 valence electrons. The number of nitrogens with zero attached hydrogens (tertiary/aromatic N) is 2. The minimum absolute atomic E-state index is 0.0301. The number of benzene rings is 2. The summed E-state index contributed by atoms with van der Waals surface area (Å²) >= 11 is 4.91. The number of fused-ring (bicyclic) bond motifs is 5. The molecular formula is C34H36N4O13S. The molecule has 5 aliphatic rings. The molecular weight excluding hydrogens is 704 g/mol. The smallest absolute Gasteiger partial charge is 0.310 e. The Labute approximate surface area is 300 Å². The van der Waals surface area contributed by atoms with Crippen molar-refractivity contribution in [3.8, 4) is 28.7 Å². The Morgan fingerprint density at radius 3 is 2.33 bits per heavy atom. The number of hydrogen-bond acceptors (Lipinski definition) is 16. The van der Waals surface area contributed by atoms with Gasteiger partial charge in [-0.05, 0) is 47.9 Å². The number of carbonyl (C=O) groups excluding carboxylic acids is 1. The number of phenolic OH excluding ortho intramolecular Hbond substituents is 1. The quantitative estimate of drug-likeness (QED) is 0.147. The van der Waals surface area contributed by atoms with Gasteiger partial charge < -0.3 is 67.9 Å². The molecule has 0 amide bonds. The van der Waals surface area contributed by atoms with Crippen LogP contribution in [0.1, 0.15) is 35.6 Å². The summed E-state index contributed by atoms with van der Waals surface area (Å²) in [6, 6.07) is 6.93. The van der Waals surface area contributed by atoms with E-state index < -0.39 is 66.8 Å². The van der Waals surface area contributed by atoms with Crippen molar-refractivity contribution in [3.05, 3.63) is 58.3 Å². The lowest BCUT2D eigenvalue weighted by molar-refractivity contribution is -0.364. The van der Waals surface area contributed by atoms with Gasteiger partial charge in [0, 0.05) is 11.8 Å². The van der Waals surface area contributed by atoms with Gasteiger partial charge in [-0.25, -0.2) is 9.97 Å². The standard InChI is InChI=1S/C29H32O13.C5H4N4S/c1-11-36-9-20-27(40-11)24(31)25(32)29(41-20)42-26-14-7-17-16(38-10-39-17)6-13(14)21(22-15(26)8-37-28(22)33)12-4-18(34-2)23(30)19(5-12)35-3;10-5-3-4(7-1-6-3)8-2-9-5/h4-7,11,15,20-22,24-27,29-32H,8-10H2,1-3H3;1-2H,(H2,6,7,8,9,10)/t11-,15?,20-,21-,22+,24-,25-,26?,27-,29+;/m1./s1. The van der Waals surface area contributed by atoms with Gasteiger partial charge in [-0.15, -0.1) is 0 Å². The molecule has 3 fully saturated rings. The number of esters is 1. The third-order valence-corrected chi connectivity index (χ3v) is 10.3. The first-order valence-electron chi connectivity index (χ1n) is 16.5.